The van der Waals surface area contributed by atoms with Crippen molar-refractivity contribution < 1.29 is 19.4 Å². The summed E-state index contributed by atoms with van der Waals surface area (Å²) in [5.74, 6) is -0.282. The van der Waals surface area contributed by atoms with Gasteiger partial charge in [-0.2, -0.15) is 4.37 Å². The van der Waals surface area contributed by atoms with E-state index in [0.29, 0.717) is 24.4 Å². The van der Waals surface area contributed by atoms with Gasteiger partial charge in [0.25, 0.3) is 0 Å². The summed E-state index contributed by atoms with van der Waals surface area (Å²) in [5, 5.41) is 12.6. The van der Waals surface area contributed by atoms with E-state index in [2.05, 4.69) is 31.8 Å². The molecule has 8 nitrogen and oxygen atoms in total. The van der Waals surface area contributed by atoms with E-state index in [1.165, 1.54) is 11.5 Å². The molecule has 0 unspecified atom stereocenters. The van der Waals surface area contributed by atoms with Crippen LogP contribution in [0.3, 0.4) is 0 Å². The highest BCUT2D eigenvalue weighted by Crippen LogP contribution is 2.48. The monoisotopic (exact) mass is 600 g/mol. The number of fused-ring (bicyclic) bond motifs is 2. The molecule has 4 aromatic heterocycles. The Bertz CT molecular complexity index is 1920. The number of carbonyl (C=O) groups excluding carboxylic acids is 1. The lowest BCUT2D eigenvalue weighted by Crippen LogP contribution is -2.20. The third-order valence-corrected chi connectivity index (χ3v) is 10.9. The smallest absolute Gasteiger partial charge is 0.412 e. The summed E-state index contributed by atoms with van der Waals surface area (Å²) in [6, 6.07) is 20.0. The van der Waals surface area contributed by atoms with Crippen molar-refractivity contribution in [1.82, 2.24) is 14.3 Å². The average Bonchev–Trinajstić information content (AvgIpc) is 3.20. The molecule has 0 saturated heterocycles. The van der Waals surface area contributed by atoms with E-state index in [0.717, 1.165) is 51.9 Å². The summed E-state index contributed by atoms with van der Waals surface area (Å²) in [4.78, 5) is 35.4. The third kappa shape index (κ3) is 4.59. The first kappa shape index (κ1) is 25.9. The zero-order valence-corrected chi connectivity index (χ0v) is 24.5. The molecule has 41 heavy (non-hydrogen) atoms. The zero-order valence-electron chi connectivity index (χ0n) is 22.1. The fourth-order valence-corrected chi connectivity index (χ4v) is 8.26. The van der Waals surface area contributed by atoms with Crippen molar-refractivity contribution in [1.29, 1.82) is 0 Å². The first-order valence-corrected chi connectivity index (χ1v) is 15.5. The van der Waals surface area contributed by atoms with Gasteiger partial charge in [0.1, 0.15) is 17.3 Å². The van der Waals surface area contributed by atoms with Crippen LogP contribution in [0.4, 0.5) is 10.5 Å². The zero-order chi connectivity index (χ0) is 28.3. The maximum atomic E-state index is 12.8. The molecule has 4 heterocycles. The van der Waals surface area contributed by atoms with E-state index in [9.17, 15) is 14.7 Å². The summed E-state index contributed by atoms with van der Waals surface area (Å²) < 4.78 is 12.4. The molecule has 0 bridgehead atoms. The SMILES string of the molecule is Cc1nsc(-c2cc3sc(-c4ccc5[nH]c(C6(C(=O)O)CC6)nc5c4)cc3s2)c1NC(=O)O[C@H](C)c1ccccc1. The van der Waals surface area contributed by atoms with E-state index in [1.807, 2.05) is 62.4 Å². The number of carboxylic acid groups (broad SMARTS) is 1. The van der Waals surface area contributed by atoms with Gasteiger partial charge in [0.05, 0.1) is 32.2 Å². The molecule has 0 radical (unpaired) electrons. The highest BCUT2D eigenvalue weighted by Gasteiger charge is 2.54. The molecule has 3 N–H and O–H groups in total. The first-order chi connectivity index (χ1) is 19.8. The van der Waals surface area contributed by atoms with Gasteiger partial charge in [-0.25, -0.2) is 9.78 Å². The van der Waals surface area contributed by atoms with E-state index < -0.39 is 17.5 Å². The van der Waals surface area contributed by atoms with Crippen molar-refractivity contribution >= 4 is 72.4 Å². The number of hydrogen-bond donors (Lipinski definition) is 3. The summed E-state index contributed by atoms with van der Waals surface area (Å²) in [6.07, 6.45) is 0.335. The number of anilines is 1. The minimum absolute atomic E-state index is 0.378. The molecule has 1 amide bonds. The molecule has 0 aliphatic heterocycles. The number of carboxylic acids is 1. The number of carbonyl (C=O) groups is 2. The maximum Gasteiger partial charge on any atom is 0.412 e. The molecule has 2 aromatic carbocycles. The van der Waals surface area contributed by atoms with E-state index in [-0.39, 0.29) is 6.10 Å². The van der Waals surface area contributed by atoms with Gasteiger partial charge >= 0.3 is 12.1 Å². The molecule has 1 fully saturated rings. The molecule has 11 heteroatoms. The van der Waals surface area contributed by atoms with Crippen LogP contribution in [0.15, 0.2) is 60.7 Å². The molecule has 7 rings (SSSR count). The van der Waals surface area contributed by atoms with Crippen LogP contribution in [-0.2, 0) is 14.9 Å². The fraction of sp³-hybridized carbons (Fsp3) is 0.200. The van der Waals surface area contributed by atoms with E-state index >= 15 is 0 Å². The van der Waals surface area contributed by atoms with Crippen LogP contribution in [-0.4, -0.2) is 31.5 Å². The van der Waals surface area contributed by atoms with Crippen molar-refractivity contribution in [3.8, 4) is 20.2 Å². The van der Waals surface area contributed by atoms with Crippen LogP contribution >= 0.6 is 34.2 Å². The summed E-state index contributed by atoms with van der Waals surface area (Å²) >= 11 is 4.70. The minimum atomic E-state index is -0.860. The van der Waals surface area contributed by atoms with Crippen molar-refractivity contribution in [3.05, 3.63) is 77.7 Å². The number of imidazole rings is 1. The molecule has 206 valence electrons. The fourth-order valence-electron chi connectivity index (χ4n) is 4.92. The molecule has 0 spiro atoms. The van der Waals surface area contributed by atoms with Crippen molar-refractivity contribution in [2.75, 3.05) is 5.32 Å². The van der Waals surface area contributed by atoms with Gasteiger partial charge < -0.3 is 14.8 Å². The minimum Gasteiger partial charge on any atom is -0.480 e. The van der Waals surface area contributed by atoms with E-state index in [4.69, 9.17) is 4.74 Å². The standard InChI is InChI=1S/C30H24N4O4S3/c1-15-25(33-29(37)38-16(2)17-6-4-3-5-7-17)26(41-34-15)24-14-23-22(40-24)13-21(39-23)18-8-9-19-20(12-18)32-27(31-19)30(10-11-30)28(35)36/h3-9,12-14,16H,10-11H2,1-2H3,(H,31,32)(H,33,37)(H,35,36)/t16-/m1/s1. The number of thiophene rings is 2. The van der Waals surface area contributed by atoms with Gasteiger partial charge in [-0.15, -0.1) is 22.7 Å². The summed E-state index contributed by atoms with van der Waals surface area (Å²) in [6.45, 7) is 3.73. The second-order valence-electron chi connectivity index (χ2n) is 10.2. The van der Waals surface area contributed by atoms with Crippen LogP contribution < -0.4 is 5.32 Å². The number of nitrogens with zero attached hydrogens (tertiary/aromatic N) is 2. The highest BCUT2D eigenvalue weighted by molar-refractivity contribution is 7.32. The van der Waals surface area contributed by atoms with Gasteiger partial charge in [-0.05, 0) is 73.6 Å². The lowest BCUT2D eigenvalue weighted by atomic mass is 10.1. The number of hydrogen-bond acceptors (Lipinski definition) is 8. The average molecular weight is 601 g/mol. The Hall–Kier alpha value is -4.06. The Labute approximate surface area is 246 Å². The van der Waals surface area contributed by atoms with Crippen LogP contribution in [0.1, 0.15) is 43.0 Å². The Morgan fingerprint density at radius 3 is 2.51 bits per heavy atom. The Kier molecular flexibility index (Phi) is 6.18. The van der Waals surface area contributed by atoms with Gasteiger partial charge in [-0.1, -0.05) is 36.4 Å². The number of aryl methyl sites for hydroxylation is 1. The number of aromatic amines is 1. The van der Waals surface area contributed by atoms with E-state index in [1.54, 1.807) is 22.7 Å². The van der Waals surface area contributed by atoms with Gasteiger partial charge in [0.15, 0.2) is 0 Å². The van der Waals surface area contributed by atoms with Crippen molar-refractivity contribution in [2.45, 2.75) is 38.2 Å². The van der Waals surface area contributed by atoms with Crippen LogP contribution in [0.5, 0.6) is 0 Å². The molecule has 1 atom stereocenters. The van der Waals surface area contributed by atoms with Crippen molar-refractivity contribution in [3.63, 3.8) is 0 Å². The number of H-pyrrole nitrogens is 1. The first-order valence-electron chi connectivity index (χ1n) is 13.1. The number of rotatable bonds is 7. The predicted octanol–water partition coefficient (Wildman–Crippen LogP) is 8.36. The Balaban J connectivity index is 1.12. The number of nitrogens with one attached hydrogen (secondary N) is 2. The lowest BCUT2D eigenvalue weighted by Gasteiger charge is -2.14. The van der Waals surface area contributed by atoms with Crippen LogP contribution in [0.2, 0.25) is 0 Å². The number of aliphatic carboxylic acids is 1. The van der Waals surface area contributed by atoms with Gasteiger partial charge in [0, 0.05) is 14.3 Å². The normalized spacial score (nSPS) is 14.8. The second kappa shape index (κ2) is 9.79. The van der Waals surface area contributed by atoms with Crippen LogP contribution in [0, 0.1) is 6.92 Å². The third-order valence-electron chi connectivity index (χ3n) is 7.45. The quantitative estimate of drug-likeness (QED) is 0.169. The predicted molar refractivity (Wildman–Crippen MR) is 164 cm³/mol. The molecular formula is C30H24N4O4S3. The Morgan fingerprint density at radius 1 is 1.05 bits per heavy atom. The molecule has 6 aromatic rings. The lowest BCUT2D eigenvalue weighted by molar-refractivity contribution is -0.140. The largest absolute Gasteiger partial charge is 0.480 e. The number of aromatic nitrogens is 3. The Morgan fingerprint density at radius 2 is 1.78 bits per heavy atom. The second-order valence-corrected chi connectivity index (χ2v) is 13.2. The summed E-state index contributed by atoms with van der Waals surface area (Å²) in [5.41, 5.74) is 4.13. The van der Waals surface area contributed by atoms with Gasteiger partial charge in [0.2, 0.25) is 0 Å². The molecular weight excluding hydrogens is 577 g/mol. The number of amides is 1. The van der Waals surface area contributed by atoms with Crippen molar-refractivity contribution in [2.24, 2.45) is 0 Å². The molecule has 1 aliphatic carbocycles. The topological polar surface area (TPSA) is 117 Å². The number of benzene rings is 2. The molecule has 1 aliphatic rings. The highest BCUT2D eigenvalue weighted by atomic mass is 32.1. The molecule has 1 saturated carbocycles. The van der Waals surface area contributed by atoms with Crippen LogP contribution in [0.25, 0.3) is 40.6 Å². The van der Waals surface area contributed by atoms with Gasteiger partial charge in [-0.3, -0.25) is 10.1 Å². The summed E-state index contributed by atoms with van der Waals surface area (Å²) in [7, 11) is 0. The number of ether oxygens (including phenoxy) is 1. The maximum absolute atomic E-state index is 12.8.